The van der Waals surface area contributed by atoms with Gasteiger partial charge in [0.2, 0.25) is 0 Å². The Balaban J connectivity index is 1.49. The number of nitrogens with one attached hydrogen (secondary N) is 1. The van der Waals surface area contributed by atoms with E-state index in [1.165, 1.54) is 12.8 Å². The third-order valence-electron chi connectivity index (χ3n) is 4.37. The molecule has 0 radical (unpaired) electrons. The molecule has 0 aliphatic heterocycles. The normalized spacial score (nSPS) is 35.7. The molecular weight excluding hydrogens is 226 g/mol. The van der Waals surface area contributed by atoms with Gasteiger partial charge in [0.1, 0.15) is 11.5 Å². The van der Waals surface area contributed by atoms with Crippen molar-refractivity contribution in [1.82, 2.24) is 5.32 Å². The number of aliphatic hydroxyl groups excluding tert-OH is 1. The van der Waals surface area contributed by atoms with Crippen molar-refractivity contribution in [2.45, 2.75) is 63.6 Å². The van der Waals surface area contributed by atoms with Gasteiger partial charge >= 0.3 is 0 Å². The van der Waals surface area contributed by atoms with Gasteiger partial charge in [-0.1, -0.05) is 6.92 Å². The molecule has 18 heavy (non-hydrogen) atoms. The fraction of sp³-hybridized carbons (Fsp3) is 0.733. The van der Waals surface area contributed by atoms with Crippen LogP contribution in [-0.2, 0) is 6.54 Å². The van der Waals surface area contributed by atoms with E-state index < -0.39 is 0 Å². The summed E-state index contributed by atoms with van der Waals surface area (Å²) in [4.78, 5) is 0. The Labute approximate surface area is 109 Å². The molecule has 4 atom stereocenters. The lowest BCUT2D eigenvalue weighted by Gasteiger charge is -2.26. The average molecular weight is 249 g/mol. The summed E-state index contributed by atoms with van der Waals surface area (Å²) in [5.41, 5.74) is 0. The molecule has 1 heterocycles. The van der Waals surface area contributed by atoms with Gasteiger partial charge in [-0.25, -0.2) is 0 Å². The zero-order valence-electron chi connectivity index (χ0n) is 11.1. The van der Waals surface area contributed by atoms with Crippen LogP contribution >= 0.6 is 0 Å². The van der Waals surface area contributed by atoms with Crippen molar-refractivity contribution in [2.75, 3.05) is 0 Å². The number of hydrogen-bond donors (Lipinski definition) is 2. The molecule has 3 rings (SSSR count). The lowest BCUT2D eigenvalue weighted by molar-refractivity contribution is 0.111. The van der Waals surface area contributed by atoms with Crippen LogP contribution in [0.5, 0.6) is 0 Å². The Morgan fingerprint density at radius 1 is 1.33 bits per heavy atom. The van der Waals surface area contributed by atoms with Crippen LogP contribution in [0, 0.1) is 5.92 Å². The van der Waals surface area contributed by atoms with Gasteiger partial charge in [0.05, 0.1) is 12.6 Å². The zero-order chi connectivity index (χ0) is 12.5. The quantitative estimate of drug-likeness (QED) is 0.862. The molecule has 1 aromatic heterocycles. The highest BCUT2D eigenvalue weighted by Gasteiger charge is 2.36. The first-order valence-corrected chi connectivity index (χ1v) is 7.22. The molecule has 0 amide bonds. The predicted molar refractivity (Wildman–Crippen MR) is 70.3 cm³/mol. The Hall–Kier alpha value is -0.800. The van der Waals surface area contributed by atoms with E-state index in [0.717, 1.165) is 43.2 Å². The lowest BCUT2D eigenvalue weighted by Crippen LogP contribution is -2.35. The first kappa shape index (κ1) is 12.2. The van der Waals surface area contributed by atoms with Gasteiger partial charge in [-0.3, -0.25) is 0 Å². The summed E-state index contributed by atoms with van der Waals surface area (Å²) >= 11 is 0. The number of hydrogen-bond acceptors (Lipinski definition) is 3. The molecule has 0 bridgehead atoms. The van der Waals surface area contributed by atoms with E-state index in [1.807, 2.05) is 0 Å². The van der Waals surface area contributed by atoms with E-state index in [2.05, 4.69) is 24.4 Å². The Kier molecular flexibility index (Phi) is 3.44. The van der Waals surface area contributed by atoms with Crippen LogP contribution in [0.1, 0.15) is 56.5 Å². The molecule has 100 valence electrons. The van der Waals surface area contributed by atoms with Gasteiger partial charge in [-0.05, 0) is 50.2 Å². The Morgan fingerprint density at radius 2 is 2.17 bits per heavy atom. The smallest absolute Gasteiger partial charge is 0.117 e. The largest absolute Gasteiger partial charge is 0.464 e. The maximum Gasteiger partial charge on any atom is 0.117 e. The maximum absolute atomic E-state index is 9.63. The van der Waals surface area contributed by atoms with E-state index in [9.17, 15) is 5.11 Å². The SMILES string of the molecule is CC1CC1c1ccc(CNC2CCCC(O)C2)o1. The summed E-state index contributed by atoms with van der Waals surface area (Å²) in [5.74, 6) is 3.65. The second-order valence-electron chi connectivity index (χ2n) is 6.02. The third kappa shape index (κ3) is 2.78. The van der Waals surface area contributed by atoms with Crippen molar-refractivity contribution in [2.24, 2.45) is 5.92 Å². The minimum absolute atomic E-state index is 0.115. The average Bonchev–Trinajstić information content (AvgIpc) is 2.91. The highest BCUT2D eigenvalue weighted by molar-refractivity contribution is 5.17. The number of aliphatic hydroxyl groups is 1. The Bertz CT molecular complexity index is 401. The van der Waals surface area contributed by atoms with Crippen molar-refractivity contribution in [3.63, 3.8) is 0 Å². The minimum atomic E-state index is -0.115. The summed E-state index contributed by atoms with van der Waals surface area (Å²) in [7, 11) is 0. The second kappa shape index (κ2) is 5.06. The third-order valence-corrected chi connectivity index (χ3v) is 4.37. The van der Waals surface area contributed by atoms with Gasteiger partial charge in [0.15, 0.2) is 0 Å². The van der Waals surface area contributed by atoms with Gasteiger partial charge in [-0.15, -0.1) is 0 Å². The van der Waals surface area contributed by atoms with Gasteiger partial charge in [-0.2, -0.15) is 0 Å². The lowest BCUT2D eigenvalue weighted by atomic mass is 9.93. The van der Waals surface area contributed by atoms with E-state index in [-0.39, 0.29) is 6.10 Å². The van der Waals surface area contributed by atoms with E-state index >= 15 is 0 Å². The van der Waals surface area contributed by atoms with Crippen LogP contribution in [0.15, 0.2) is 16.5 Å². The van der Waals surface area contributed by atoms with Crippen molar-refractivity contribution in [1.29, 1.82) is 0 Å². The molecule has 4 unspecified atom stereocenters. The van der Waals surface area contributed by atoms with Gasteiger partial charge < -0.3 is 14.8 Å². The summed E-state index contributed by atoms with van der Waals surface area (Å²) in [6.07, 6.45) is 5.30. The first-order valence-electron chi connectivity index (χ1n) is 7.22. The number of rotatable bonds is 4. The van der Waals surface area contributed by atoms with Crippen LogP contribution < -0.4 is 5.32 Å². The van der Waals surface area contributed by atoms with E-state index in [1.54, 1.807) is 0 Å². The van der Waals surface area contributed by atoms with Crippen molar-refractivity contribution in [3.05, 3.63) is 23.7 Å². The maximum atomic E-state index is 9.63. The molecule has 1 aromatic rings. The van der Waals surface area contributed by atoms with Crippen LogP contribution in [0.25, 0.3) is 0 Å². The molecule has 2 saturated carbocycles. The topological polar surface area (TPSA) is 45.4 Å². The van der Waals surface area contributed by atoms with E-state index in [0.29, 0.717) is 12.0 Å². The van der Waals surface area contributed by atoms with Crippen LogP contribution in [0.4, 0.5) is 0 Å². The summed E-state index contributed by atoms with van der Waals surface area (Å²) < 4.78 is 5.87. The molecule has 2 fully saturated rings. The highest BCUT2D eigenvalue weighted by atomic mass is 16.3. The zero-order valence-corrected chi connectivity index (χ0v) is 11.1. The standard InChI is InChI=1S/C15H23NO2/c1-10-7-14(10)15-6-5-13(18-15)9-16-11-3-2-4-12(17)8-11/h5-6,10-12,14,16-17H,2-4,7-9H2,1H3. The molecule has 0 saturated heterocycles. The van der Waals surface area contributed by atoms with Gasteiger partial charge in [0.25, 0.3) is 0 Å². The fourth-order valence-electron chi connectivity index (χ4n) is 3.00. The molecule has 2 N–H and O–H groups in total. The first-order chi connectivity index (χ1) is 8.72. The molecule has 2 aliphatic rings. The second-order valence-corrected chi connectivity index (χ2v) is 6.02. The van der Waals surface area contributed by atoms with Crippen LogP contribution in [0.2, 0.25) is 0 Å². The molecule has 0 spiro atoms. The van der Waals surface area contributed by atoms with Crippen molar-refractivity contribution in [3.8, 4) is 0 Å². The number of furan rings is 1. The molecule has 2 aliphatic carbocycles. The highest BCUT2D eigenvalue weighted by Crippen LogP contribution is 2.47. The van der Waals surface area contributed by atoms with Crippen LogP contribution in [0.3, 0.4) is 0 Å². The molecule has 3 nitrogen and oxygen atoms in total. The van der Waals surface area contributed by atoms with Gasteiger partial charge in [0, 0.05) is 12.0 Å². The monoisotopic (exact) mass is 249 g/mol. The molecular formula is C15H23NO2. The summed E-state index contributed by atoms with van der Waals surface area (Å²) in [5, 5.41) is 13.1. The predicted octanol–water partition coefficient (Wildman–Crippen LogP) is 2.80. The Morgan fingerprint density at radius 3 is 2.89 bits per heavy atom. The summed E-state index contributed by atoms with van der Waals surface area (Å²) in [6, 6.07) is 4.66. The van der Waals surface area contributed by atoms with Crippen LogP contribution in [-0.4, -0.2) is 17.3 Å². The molecule has 0 aromatic carbocycles. The summed E-state index contributed by atoms with van der Waals surface area (Å²) in [6.45, 7) is 3.06. The van der Waals surface area contributed by atoms with Crippen molar-refractivity contribution < 1.29 is 9.52 Å². The van der Waals surface area contributed by atoms with Crippen molar-refractivity contribution >= 4 is 0 Å². The fourth-order valence-corrected chi connectivity index (χ4v) is 3.00. The van der Waals surface area contributed by atoms with E-state index in [4.69, 9.17) is 4.42 Å². The molecule has 3 heteroatoms. The minimum Gasteiger partial charge on any atom is -0.464 e.